The molecule has 116 valence electrons. The van der Waals surface area contributed by atoms with E-state index >= 15 is 0 Å². The molecule has 1 aliphatic carbocycles. The third-order valence-corrected chi connectivity index (χ3v) is 5.14. The van der Waals surface area contributed by atoms with Gasteiger partial charge in [-0.25, -0.2) is 0 Å². The van der Waals surface area contributed by atoms with Crippen LogP contribution in [0, 0.1) is 6.92 Å². The molecule has 1 saturated carbocycles. The van der Waals surface area contributed by atoms with E-state index < -0.39 is 0 Å². The van der Waals surface area contributed by atoms with Crippen molar-refractivity contribution < 1.29 is 0 Å². The monoisotopic (exact) mass is 287 g/mol. The normalized spacial score (nSPS) is 27.5. The molecule has 3 rings (SSSR count). The van der Waals surface area contributed by atoms with Gasteiger partial charge in [0.25, 0.3) is 0 Å². The largest absolute Gasteiger partial charge is 0.313 e. The summed E-state index contributed by atoms with van der Waals surface area (Å²) in [6.45, 7) is 9.42. The number of piperazine rings is 1. The summed E-state index contributed by atoms with van der Waals surface area (Å²) in [7, 11) is 2.22. The van der Waals surface area contributed by atoms with Crippen LogP contribution in [-0.2, 0) is 0 Å². The van der Waals surface area contributed by atoms with Crippen LogP contribution in [0.3, 0.4) is 0 Å². The minimum absolute atomic E-state index is 0.740. The van der Waals surface area contributed by atoms with E-state index in [4.69, 9.17) is 0 Å². The molecule has 1 aromatic carbocycles. The summed E-state index contributed by atoms with van der Waals surface area (Å²) >= 11 is 0. The van der Waals surface area contributed by atoms with E-state index in [1.54, 1.807) is 0 Å². The van der Waals surface area contributed by atoms with Crippen molar-refractivity contribution in [3.05, 3.63) is 35.4 Å². The van der Waals surface area contributed by atoms with Crippen molar-refractivity contribution in [3.8, 4) is 0 Å². The Balaban J connectivity index is 1.31. The van der Waals surface area contributed by atoms with Gasteiger partial charge >= 0.3 is 0 Å². The van der Waals surface area contributed by atoms with Crippen LogP contribution < -0.4 is 5.32 Å². The fraction of sp³-hybridized carbons (Fsp3) is 0.667. The zero-order valence-electron chi connectivity index (χ0n) is 13.5. The van der Waals surface area contributed by atoms with E-state index in [9.17, 15) is 0 Å². The predicted octanol–water partition coefficient (Wildman–Crippen LogP) is 2.08. The molecular formula is C18H29N3. The van der Waals surface area contributed by atoms with E-state index in [1.807, 2.05) is 0 Å². The summed E-state index contributed by atoms with van der Waals surface area (Å²) in [5.41, 5.74) is 2.89. The van der Waals surface area contributed by atoms with Crippen molar-refractivity contribution >= 4 is 0 Å². The molecule has 0 atom stereocenters. The highest BCUT2D eigenvalue weighted by molar-refractivity contribution is 5.26. The highest BCUT2D eigenvalue weighted by atomic mass is 15.2. The molecule has 0 radical (unpaired) electrons. The third kappa shape index (κ3) is 4.06. The number of rotatable bonds is 5. The number of nitrogens with zero attached hydrogens (tertiary/aromatic N) is 2. The van der Waals surface area contributed by atoms with E-state index in [0.717, 1.165) is 18.5 Å². The van der Waals surface area contributed by atoms with Gasteiger partial charge in [0.05, 0.1) is 0 Å². The van der Waals surface area contributed by atoms with E-state index in [-0.39, 0.29) is 0 Å². The number of likely N-dealkylation sites (N-methyl/N-ethyl adjacent to an activating group) is 1. The Hall–Kier alpha value is -0.900. The third-order valence-electron chi connectivity index (χ3n) is 5.14. The minimum atomic E-state index is 0.740. The summed E-state index contributed by atoms with van der Waals surface area (Å²) < 4.78 is 0. The standard InChI is InChI=1S/C18H29N3/c1-15-3-5-16(6-4-15)17-13-18(14-17)19-7-8-21-11-9-20(2)10-12-21/h3-6,17-19H,7-14H2,1-2H3. The first kappa shape index (κ1) is 15.0. The summed E-state index contributed by atoms with van der Waals surface area (Å²) in [6, 6.07) is 9.83. The fourth-order valence-corrected chi connectivity index (χ4v) is 3.39. The molecular weight excluding hydrogens is 258 g/mol. The highest BCUT2D eigenvalue weighted by Gasteiger charge is 2.29. The lowest BCUT2D eigenvalue weighted by molar-refractivity contribution is 0.150. The Morgan fingerprint density at radius 1 is 1.05 bits per heavy atom. The van der Waals surface area contributed by atoms with Crippen molar-refractivity contribution in [1.29, 1.82) is 0 Å². The molecule has 0 bridgehead atoms. The van der Waals surface area contributed by atoms with E-state index in [0.29, 0.717) is 0 Å². The van der Waals surface area contributed by atoms with Gasteiger partial charge in [0.15, 0.2) is 0 Å². The number of hydrogen-bond donors (Lipinski definition) is 1. The molecule has 3 heteroatoms. The molecule has 1 aromatic rings. The number of benzene rings is 1. The van der Waals surface area contributed by atoms with Crippen molar-refractivity contribution in [2.45, 2.75) is 31.7 Å². The quantitative estimate of drug-likeness (QED) is 0.894. The van der Waals surface area contributed by atoms with Crippen molar-refractivity contribution in [1.82, 2.24) is 15.1 Å². The molecule has 2 aliphatic rings. The van der Waals surface area contributed by atoms with Crippen LogP contribution in [0.15, 0.2) is 24.3 Å². The van der Waals surface area contributed by atoms with E-state index in [1.165, 1.54) is 56.7 Å². The van der Waals surface area contributed by atoms with Crippen LogP contribution in [-0.4, -0.2) is 62.2 Å². The van der Waals surface area contributed by atoms with Crippen LogP contribution in [0.25, 0.3) is 0 Å². The first-order chi connectivity index (χ1) is 10.2. The Morgan fingerprint density at radius 3 is 2.38 bits per heavy atom. The van der Waals surface area contributed by atoms with Gasteiger partial charge < -0.3 is 10.2 Å². The maximum absolute atomic E-state index is 3.73. The predicted molar refractivity (Wildman–Crippen MR) is 88.9 cm³/mol. The number of nitrogens with one attached hydrogen (secondary N) is 1. The van der Waals surface area contributed by atoms with Crippen LogP contribution in [0.1, 0.15) is 29.9 Å². The molecule has 0 amide bonds. The van der Waals surface area contributed by atoms with Gasteiger partial charge in [-0.2, -0.15) is 0 Å². The number of aryl methyl sites for hydroxylation is 1. The summed E-state index contributed by atoms with van der Waals surface area (Å²) in [6.07, 6.45) is 2.62. The molecule has 3 nitrogen and oxygen atoms in total. The van der Waals surface area contributed by atoms with Crippen LogP contribution in [0.4, 0.5) is 0 Å². The SMILES string of the molecule is Cc1ccc(C2CC(NCCN3CCN(C)CC3)C2)cc1. The van der Waals surface area contributed by atoms with Gasteiger partial charge in [0.2, 0.25) is 0 Å². The molecule has 21 heavy (non-hydrogen) atoms. The molecule has 1 N–H and O–H groups in total. The van der Waals surface area contributed by atoms with Crippen molar-refractivity contribution in [2.24, 2.45) is 0 Å². The molecule has 0 aromatic heterocycles. The maximum Gasteiger partial charge on any atom is 0.0110 e. The first-order valence-electron chi connectivity index (χ1n) is 8.41. The number of hydrogen-bond acceptors (Lipinski definition) is 3. The maximum atomic E-state index is 3.73. The van der Waals surface area contributed by atoms with Crippen molar-refractivity contribution in [2.75, 3.05) is 46.3 Å². The lowest BCUT2D eigenvalue weighted by Gasteiger charge is -2.38. The topological polar surface area (TPSA) is 18.5 Å². The second kappa shape index (κ2) is 6.91. The molecule has 2 fully saturated rings. The second-order valence-electron chi connectivity index (χ2n) is 6.87. The molecule has 1 heterocycles. The van der Waals surface area contributed by atoms with Gasteiger partial charge in [-0.15, -0.1) is 0 Å². The van der Waals surface area contributed by atoms with Crippen LogP contribution >= 0.6 is 0 Å². The highest BCUT2D eigenvalue weighted by Crippen LogP contribution is 2.36. The molecule has 1 aliphatic heterocycles. The zero-order chi connectivity index (χ0) is 14.7. The van der Waals surface area contributed by atoms with Crippen molar-refractivity contribution in [3.63, 3.8) is 0 Å². The lowest BCUT2D eigenvalue weighted by Crippen LogP contribution is -2.48. The van der Waals surface area contributed by atoms with Gasteiger partial charge in [-0.3, -0.25) is 4.90 Å². The minimum Gasteiger partial charge on any atom is -0.313 e. The molecule has 0 unspecified atom stereocenters. The summed E-state index contributed by atoms with van der Waals surface area (Å²) in [4.78, 5) is 5.01. The van der Waals surface area contributed by atoms with Gasteiger partial charge in [0, 0.05) is 45.3 Å². The molecule has 0 spiro atoms. The smallest absolute Gasteiger partial charge is 0.0110 e. The Labute approximate surface area is 129 Å². The van der Waals surface area contributed by atoms with Gasteiger partial charge in [-0.05, 0) is 38.3 Å². The summed E-state index contributed by atoms with van der Waals surface area (Å²) in [5, 5.41) is 3.73. The van der Waals surface area contributed by atoms with Crippen LogP contribution in [0.2, 0.25) is 0 Å². The fourth-order valence-electron chi connectivity index (χ4n) is 3.39. The van der Waals surface area contributed by atoms with Gasteiger partial charge in [-0.1, -0.05) is 29.8 Å². The average molecular weight is 287 g/mol. The van der Waals surface area contributed by atoms with E-state index in [2.05, 4.69) is 53.4 Å². The lowest BCUT2D eigenvalue weighted by atomic mass is 9.76. The first-order valence-corrected chi connectivity index (χ1v) is 8.41. The molecule has 1 saturated heterocycles. The Kier molecular flexibility index (Phi) is 4.94. The Morgan fingerprint density at radius 2 is 1.71 bits per heavy atom. The average Bonchev–Trinajstić information content (AvgIpc) is 2.45. The summed E-state index contributed by atoms with van der Waals surface area (Å²) in [5.74, 6) is 0.784. The zero-order valence-corrected chi connectivity index (χ0v) is 13.5. The Bertz CT molecular complexity index is 428. The van der Waals surface area contributed by atoms with Crippen LogP contribution in [0.5, 0.6) is 0 Å². The van der Waals surface area contributed by atoms with Gasteiger partial charge in [0.1, 0.15) is 0 Å². The second-order valence-corrected chi connectivity index (χ2v) is 6.87.